The standard InChI is InChI=1S/C22H23N3O3S2/c1-3-6-20(26)23-16-8-5-10-18(12-16)29-14-21(27)25-22-24-19(13-30-22)15-7-4-9-17(11-15)28-2/h4-5,7-13H,3,6,14H2,1-2H3,(H,23,26)(H,24,25,27). The lowest BCUT2D eigenvalue weighted by Crippen LogP contribution is -2.14. The van der Waals surface area contributed by atoms with E-state index >= 15 is 0 Å². The number of carbonyl (C=O) groups excluding carboxylic acids is 2. The lowest BCUT2D eigenvalue weighted by molar-refractivity contribution is -0.116. The first-order valence-electron chi connectivity index (χ1n) is 9.50. The molecule has 2 amide bonds. The van der Waals surface area contributed by atoms with Gasteiger partial charge in [0.15, 0.2) is 5.13 Å². The zero-order valence-electron chi connectivity index (χ0n) is 16.8. The molecule has 3 rings (SSSR count). The molecular weight excluding hydrogens is 418 g/mol. The fourth-order valence-corrected chi connectivity index (χ4v) is 4.16. The molecule has 0 saturated carbocycles. The number of nitrogens with one attached hydrogen (secondary N) is 2. The number of nitrogens with zero attached hydrogens (tertiary/aromatic N) is 1. The summed E-state index contributed by atoms with van der Waals surface area (Å²) in [5.74, 6) is 0.871. The van der Waals surface area contributed by atoms with Crippen molar-refractivity contribution in [2.75, 3.05) is 23.5 Å². The maximum Gasteiger partial charge on any atom is 0.236 e. The van der Waals surface area contributed by atoms with Crippen molar-refractivity contribution in [2.45, 2.75) is 24.7 Å². The molecule has 0 atom stereocenters. The number of thiazole rings is 1. The smallest absolute Gasteiger partial charge is 0.236 e. The van der Waals surface area contributed by atoms with Crippen molar-refractivity contribution in [3.8, 4) is 17.0 Å². The molecule has 3 aromatic rings. The second-order valence-corrected chi connectivity index (χ2v) is 8.34. The Hall–Kier alpha value is -2.84. The Morgan fingerprint density at radius 3 is 2.73 bits per heavy atom. The number of rotatable bonds is 9. The summed E-state index contributed by atoms with van der Waals surface area (Å²) in [6, 6.07) is 15.1. The molecule has 1 aromatic heterocycles. The lowest BCUT2D eigenvalue weighted by atomic mass is 10.2. The fourth-order valence-electron chi connectivity index (χ4n) is 2.66. The Kier molecular flexibility index (Phi) is 7.87. The van der Waals surface area contributed by atoms with Gasteiger partial charge < -0.3 is 15.4 Å². The normalized spacial score (nSPS) is 10.5. The van der Waals surface area contributed by atoms with Crippen molar-refractivity contribution in [3.05, 3.63) is 53.9 Å². The topological polar surface area (TPSA) is 80.3 Å². The van der Waals surface area contributed by atoms with Crippen LogP contribution in [0.1, 0.15) is 19.8 Å². The van der Waals surface area contributed by atoms with E-state index in [-0.39, 0.29) is 17.6 Å². The minimum atomic E-state index is -0.132. The van der Waals surface area contributed by atoms with E-state index in [4.69, 9.17) is 4.74 Å². The third kappa shape index (κ3) is 6.33. The van der Waals surface area contributed by atoms with E-state index in [2.05, 4.69) is 15.6 Å². The maximum absolute atomic E-state index is 12.3. The van der Waals surface area contributed by atoms with Gasteiger partial charge in [0.2, 0.25) is 11.8 Å². The minimum absolute atomic E-state index is 0.00648. The first-order chi connectivity index (χ1) is 14.6. The van der Waals surface area contributed by atoms with E-state index in [1.165, 1.54) is 23.1 Å². The van der Waals surface area contributed by atoms with E-state index < -0.39 is 0 Å². The first-order valence-corrected chi connectivity index (χ1v) is 11.4. The van der Waals surface area contributed by atoms with Gasteiger partial charge in [-0.1, -0.05) is 25.1 Å². The Labute approximate surface area is 184 Å². The molecule has 0 radical (unpaired) electrons. The predicted octanol–water partition coefficient (Wildman–Crippen LogP) is 5.29. The second kappa shape index (κ2) is 10.8. The van der Waals surface area contributed by atoms with Gasteiger partial charge in [-0.2, -0.15) is 0 Å². The zero-order valence-corrected chi connectivity index (χ0v) is 18.4. The maximum atomic E-state index is 12.3. The van der Waals surface area contributed by atoms with Crippen LogP contribution in [-0.2, 0) is 9.59 Å². The van der Waals surface area contributed by atoms with Gasteiger partial charge in [-0.15, -0.1) is 23.1 Å². The SMILES string of the molecule is CCCC(=O)Nc1cccc(SCC(=O)Nc2nc(-c3cccc(OC)c3)cs2)c1. The highest BCUT2D eigenvalue weighted by atomic mass is 32.2. The average Bonchev–Trinajstić information content (AvgIpc) is 3.21. The van der Waals surface area contributed by atoms with Crippen LogP contribution in [-0.4, -0.2) is 29.7 Å². The highest BCUT2D eigenvalue weighted by Crippen LogP contribution is 2.28. The van der Waals surface area contributed by atoms with Gasteiger partial charge in [0.05, 0.1) is 18.6 Å². The van der Waals surface area contributed by atoms with Gasteiger partial charge in [-0.3, -0.25) is 9.59 Å². The fraction of sp³-hybridized carbons (Fsp3) is 0.227. The molecule has 2 N–H and O–H groups in total. The molecule has 0 aliphatic carbocycles. The van der Waals surface area contributed by atoms with Crippen molar-refractivity contribution in [1.29, 1.82) is 0 Å². The Balaban J connectivity index is 1.54. The molecular formula is C22H23N3O3S2. The Bertz CT molecular complexity index is 1020. The summed E-state index contributed by atoms with van der Waals surface area (Å²) >= 11 is 2.79. The Morgan fingerprint density at radius 1 is 1.10 bits per heavy atom. The number of ether oxygens (including phenoxy) is 1. The van der Waals surface area contributed by atoms with Crippen LogP contribution in [0.2, 0.25) is 0 Å². The van der Waals surface area contributed by atoms with E-state index in [9.17, 15) is 9.59 Å². The first kappa shape index (κ1) is 21.9. The number of amides is 2. The number of thioether (sulfide) groups is 1. The molecule has 0 aliphatic rings. The molecule has 0 unspecified atom stereocenters. The molecule has 0 spiro atoms. The summed E-state index contributed by atoms with van der Waals surface area (Å²) < 4.78 is 5.24. The van der Waals surface area contributed by atoms with Crippen LogP contribution in [0.4, 0.5) is 10.8 Å². The van der Waals surface area contributed by atoms with Gasteiger partial charge in [0.1, 0.15) is 5.75 Å². The third-order valence-electron chi connectivity index (χ3n) is 4.08. The van der Waals surface area contributed by atoms with Gasteiger partial charge in [0.25, 0.3) is 0 Å². The lowest BCUT2D eigenvalue weighted by Gasteiger charge is -2.07. The van der Waals surface area contributed by atoms with Gasteiger partial charge >= 0.3 is 0 Å². The van der Waals surface area contributed by atoms with Crippen molar-refractivity contribution in [3.63, 3.8) is 0 Å². The van der Waals surface area contributed by atoms with Crippen LogP contribution in [0.25, 0.3) is 11.3 Å². The number of aromatic nitrogens is 1. The average molecular weight is 442 g/mol. The van der Waals surface area contributed by atoms with Crippen LogP contribution in [0.3, 0.4) is 0 Å². The van der Waals surface area contributed by atoms with Gasteiger partial charge in [-0.05, 0) is 36.8 Å². The molecule has 6 nitrogen and oxygen atoms in total. The second-order valence-electron chi connectivity index (χ2n) is 6.43. The summed E-state index contributed by atoms with van der Waals surface area (Å²) in [6.45, 7) is 1.96. The number of carbonyl (C=O) groups is 2. The summed E-state index contributed by atoms with van der Waals surface area (Å²) in [5.41, 5.74) is 2.46. The van der Waals surface area contributed by atoms with E-state index in [0.717, 1.165) is 34.0 Å². The Morgan fingerprint density at radius 2 is 1.93 bits per heavy atom. The highest BCUT2D eigenvalue weighted by molar-refractivity contribution is 8.00. The van der Waals surface area contributed by atoms with Crippen molar-refractivity contribution < 1.29 is 14.3 Å². The van der Waals surface area contributed by atoms with Crippen molar-refractivity contribution in [2.24, 2.45) is 0 Å². The molecule has 0 fully saturated rings. The molecule has 156 valence electrons. The van der Waals surface area contributed by atoms with Crippen LogP contribution >= 0.6 is 23.1 Å². The number of benzene rings is 2. The zero-order chi connectivity index (χ0) is 21.3. The van der Waals surface area contributed by atoms with Crippen LogP contribution in [0.15, 0.2) is 58.8 Å². The molecule has 0 aliphatic heterocycles. The van der Waals surface area contributed by atoms with Crippen molar-refractivity contribution in [1.82, 2.24) is 4.98 Å². The molecule has 8 heteroatoms. The monoisotopic (exact) mass is 441 g/mol. The number of hydrogen-bond acceptors (Lipinski definition) is 6. The van der Waals surface area contributed by atoms with E-state index in [0.29, 0.717) is 11.6 Å². The van der Waals surface area contributed by atoms with Crippen LogP contribution in [0, 0.1) is 0 Å². The van der Waals surface area contributed by atoms with Gasteiger partial charge in [0, 0.05) is 27.9 Å². The van der Waals surface area contributed by atoms with Gasteiger partial charge in [-0.25, -0.2) is 4.98 Å². The van der Waals surface area contributed by atoms with E-state index in [1.807, 2.05) is 60.8 Å². The minimum Gasteiger partial charge on any atom is -0.497 e. The van der Waals surface area contributed by atoms with Crippen molar-refractivity contribution >= 4 is 45.7 Å². The largest absolute Gasteiger partial charge is 0.497 e. The predicted molar refractivity (Wildman–Crippen MR) is 123 cm³/mol. The summed E-state index contributed by atoms with van der Waals surface area (Å²) in [7, 11) is 1.62. The number of methoxy groups -OCH3 is 1. The highest BCUT2D eigenvalue weighted by Gasteiger charge is 2.10. The molecule has 1 heterocycles. The number of hydrogen-bond donors (Lipinski definition) is 2. The summed E-state index contributed by atoms with van der Waals surface area (Å²) in [4.78, 5) is 29.5. The number of anilines is 2. The van der Waals surface area contributed by atoms with Crippen LogP contribution < -0.4 is 15.4 Å². The molecule has 30 heavy (non-hydrogen) atoms. The molecule has 0 bridgehead atoms. The summed E-state index contributed by atoms with van der Waals surface area (Å²) in [5, 5.41) is 8.17. The van der Waals surface area contributed by atoms with E-state index in [1.54, 1.807) is 7.11 Å². The quantitative estimate of drug-likeness (QED) is 0.441. The summed E-state index contributed by atoms with van der Waals surface area (Å²) in [6.07, 6.45) is 1.29. The molecule has 2 aromatic carbocycles. The molecule has 0 saturated heterocycles. The third-order valence-corrected chi connectivity index (χ3v) is 5.83. The van der Waals surface area contributed by atoms with Crippen LogP contribution in [0.5, 0.6) is 5.75 Å².